The lowest BCUT2D eigenvalue weighted by Gasteiger charge is -2.33. The van der Waals surface area contributed by atoms with Gasteiger partial charge in [0.25, 0.3) is 0 Å². The van der Waals surface area contributed by atoms with Gasteiger partial charge in [0.2, 0.25) is 0 Å². The molecule has 1 aromatic carbocycles. The zero-order valence-corrected chi connectivity index (χ0v) is 17.1. The van der Waals surface area contributed by atoms with E-state index in [1.54, 1.807) is 0 Å². The number of aromatic nitrogens is 2. The van der Waals surface area contributed by atoms with Crippen molar-refractivity contribution in [3.05, 3.63) is 46.1 Å². The van der Waals surface area contributed by atoms with Crippen molar-refractivity contribution in [2.45, 2.75) is 59.9 Å². The van der Waals surface area contributed by atoms with Gasteiger partial charge < -0.3 is 5.73 Å². The zero-order valence-electron chi connectivity index (χ0n) is 16.3. The van der Waals surface area contributed by atoms with E-state index in [0.717, 1.165) is 35.1 Å². The molecule has 2 N–H and O–H groups in total. The monoisotopic (exact) mass is 367 g/mol. The number of hydrogen-bond acceptors (Lipinski definition) is 3. The van der Waals surface area contributed by atoms with Gasteiger partial charge in [-0.15, -0.1) is 11.3 Å². The lowest BCUT2D eigenvalue weighted by Crippen LogP contribution is -2.26. The summed E-state index contributed by atoms with van der Waals surface area (Å²) in [7, 11) is 0. The molecular weight excluding hydrogens is 338 g/mol. The van der Waals surface area contributed by atoms with Crippen LogP contribution in [-0.2, 0) is 25.8 Å². The van der Waals surface area contributed by atoms with E-state index >= 15 is 0 Å². The summed E-state index contributed by atoms with van der Waals surface area (Å²) in [5, 5.41) is 0. The summed E-state index contributed by atoms with van der Waals surface area (Å²) < 4.78 is 2.36. The third-order valence-electron chi connectivity index (χ3n) is 5.96. The lowest BCUT2D eigenvalue weighted by molar-refractivity contribution is 0.216. The summed E-state index contributed by atoms with van der Waals surface area (Å²) in [5.74, 6) is 0.751. The van der Waals surface area contributed by atoms with Crippen LogP contribution < -0.4 is 5.73 Å². The van der Waals surface area contributed by atoms with Crippen molar-refractivity contribution in [2.24, 2.45) is 17.1 Å². The fourth-order valence-electron chi connectivity index (χ4n) is 4.18. The Labute approximate surface area is 160 Å². The second kappa shape index (κ2) is 6.50. The molecule has 2 heterocycles. The average molecular weight is 368 g/mol. The first kappa shape index (κ1) is 17.7. The van der Waals surface area contributed by atoms with Crippen molar-refractivity contribution in [3.63, 3.8) is 0 Å². The molecule has 2 aromatic heterocycles. The summed E-state index contributed by atoms with van der Waals surface area (Å²) in [5.41, 5.74) is 12.8. The third-order valence-corrected chi connectivity index (χ3v) is 7.07. The van der Waals surface area contributed by atoms with Gasteiger partial charge in [0.1, 0.15) is 0 Å². The number of rotatable bonds is 3. The van der Waals surface area contributed by atoms with Crippen molar-refractivity contribution in [1.82, 2.24) is 9.38 Å². The van der Waals surface area contributed by atoms with Crippen molar-refractivity contribution in [3.8, 4) is 11.3 Å². The minimum Gasteiger partial charge on any atom is -0.325 e. The maximum atomic E-state index is 6.19. The first-order valence-corrected chi connectivity index (χ1v) is 10.5. The standard InChI is InChI=1S/C22H29N3S/c1-5-14-6-8-15(9-7-14)20-18(13-23)25-17-11-10-16(22(2,3)4)12-19(17)26-21(25)24-20/h6-9,16H,5,10-13,23H2,1-4H3. The summed E-state index contributed by atoms with van der Waals surface area (Å²) in [4.78, 5) is 7.63. The molecule has 3 aromatic rings. The molecule has 0 radical (unpaired) electrons. The Balaban J connectivity index is 1.78. The largest absolute Gasteiger partial charge is 0.325 e. The van der Waals surface area contributed by atoms with Crippen molar-refractivity contribution >= 4 is 16.3 Å². The number of hydrogen-bond donors (Lipinski definition) is 1. The van der Waals surface area contributed by atoms with Gasteiger partial charge in [0.05, 0.1) is 11.4 Å². The summed E-state index contributed by atoms with van der Waals surface area (Å²) in [6, 6.07) is 8.78. The molecule has 3 nitrogen and oxygen atoms in total. The van der Waals surface area contributed by atoms with Crippen LogP contribution >= 0.6 is 11.3 Å². The summed E-state index contributed by atoms with van der Waals surface area (Å²) >= 11 is 1.87. The Morgan fingerprint density at radius 2 is 1.96 bits per heavy atom. The first-order chi connectivity index (χ1) is 12.4. The van der Waals surface area contributed by atoms with Gasteiger partial charge >= 0.3 is 0 Å². The average Bonchev–Trinajstić information content (AvgIpc) is 3.15. The highest BCUT2D eigenvalue weighted by molar-refractivity contribution is 7.17. The van der Waals surface area contributed by atoms with E-state index in [4.69, 9.17) is 10.7 Å². The van der Waals surface area contributed by atoms with Crippen molar-refractivity contribution < 1.29 is 0 Å². The molecule has 0 fully saturated rings. The maximum absolute atomic E-state index is 6.19. The molecule has 4 heteroatoms. The Morgan fingerprint density at radius 3 is 2.58 bits per heavy atom. The quantitative estimate of drug-likeness (QED) is 0.688. The van der Waals surface area contributed by atoms with E-state index in [9.17, 15) is 0 Å². The van der Waals surface area contributed by atoms with Crippen LogP contribution in [0.2, 0.25) is 0 Å². The van der Waals surface area contributed by atoms with Crippen molar-refractivity contribution in [1.29, 1.82) is 0 Å². The topological polar surface area (TPSA) is 43.3 Å². The molecule has 1 unspecified atom stereocenters. The second-order valence-electron chi connectivity index (χ2n) is 8.56. The van der Waals surface area contributed by atoms with Gasteiger partial charge in [-0.2, -0.15) is 0 Å². The maximum Gasteiger partial charge on any atom is 0.194 e. The SMILES string of the molecule is CCc1ccc(-c2nc3sc4c(n3c2CN)CCC(C(C)(C)C)C4)cc1. The molecule has 1 aliphatic carbocycles. The van der Waals surface area contributed by atoms with Crippen LogP contribution in [0.1, 0.15) is 55.9 Å². The van der Waals surface area contributed by atoms with E-state index in [1.807, 2.05) is 11.3 Å². The van der Waals surface area contributed by atoms with Gasteiger partial charge in [-0.3, -0.25) is 4.40 Å². The Hall–Kier alpha value is -1.65. The van der Waals surface area contributed by atoms with Crippen LogP contribution in [0.4, 0.5) is 0 Å². The molecule has 1 atom stereocenters. The molecule has 1 aliphatic rings. The second-order valence-corrected chi connectivity index (χ2v) is 9.62. The molecule has 0 spiro atoms. The molecule has 0 aliphatic heterocycles. The van der Waals surface area contributed by atoms with E-state index < -0.39 is 0 Å². The number of thiazole rings is 1. The minimum absolute atomic E-state index is 0.368. The molecule has 4 rings (SSSR count). The normalized spacial score (nSPS) is 17.7. The van der Waals surface area contributed by atoms with Gasteiger partial charge in [0, 0.05) is 22.7 Å². The molecular formula is C22H29N3S. The van der Waals surface area contributed by atoms with E-state index in [1.165, 1.54) is 34.5 Å². The highest BCUT2D eigenvalue weighted by Crippen LogP contribution is 2.41. The predicted molar refractivity (Wildman–Crippen MR) is 111 cm³/mol. The summed E-state index contributed by atoms with van der Waals surface area (Å²) in [6.45, 7) is 9.81. The number of nitrogens with two attached hydrogens (primary N) is 1. The summed E-state index contributed by atoms with van der Waals surface area (Å²) in [6.07, 6.45) is 4.63. The fourth-order valence-corrected chi connectivity index (χ4v) is 5.44. The van der Waals surface area contributed by atoms with Gasteiger partial charge in [-0.25, -0.2) is 4.98 Å². The number of aryl methyl sites for hydroxylation is 2. The van der Waals surface area contributed by atoms with Crippen LogP contribution in [0.3, 0.4) is 0 Å². The third kappa shape index (κ3) is 2.89. The minimum atomic E-state index is 0.368. The number of benzene rings is 1. The van der Waals surface area contributed by atoms with Gasteiger partial charge in [0.15, 0.2) is 4.96 Å². The molecule has 26 heavy (non-hydrogen) atoms. The first-order valence-electron chi connectivity index (χ1n) is 9.73. The molecule has 138 valence electrons. The van der Waals surface area contributed by atoms with E-state index in [2.05, 4.69) is 56.4 Å². The zero-order chi connectivity index (χ0) is 18.5. The van der Waals surface area contributed by atoms with Crippen LogP contribution in [0.25, 0.3) is 16.2 Å². The lowest BCUT2D eigenvalue weighted by atomic mass is 9.73. The Bertz CT molecular complexity index is 925. The van der Waals surface area contributed by atoms with Crippen LogP contribution in [-0.4, -0.2) is 9.38 Å². The van der Waals surface area contributed by atoms with E-state index in [0.29, 0.717) is 12.0 Å². The van der Waals surface area contributed by atoms with Gasteiger partial charge in [-0.1, -0.05) is 52.0 Å². The predicted octanol–water partition coefficient (Wildman–Crippen LogP) is 5.23. The Kier molecular flexibility index (Phi) is 4.44. The van der Waals surface area contributed by atoms with Crippen molar-refractivity contribution in [2.75, 3.05) is 0 Å². The Morgan fingerprint density at radius 1 is 1.23 bits per heavy atom. The highest BCUT2D eigenvalue weighted by atomic mass is 32.1. The van der Waals surface area contributed by atoms with Crippen LogP contribution in [0, 0.1) is 11.3 Å². The fraction of sp³-hybridized carbons (Fsp3) is 0.500. The van der Waals surface area contributed by atoms with Crippen LogP contribution in [0.5, 0.6) is 0 Å². The number of nitrogens with zero attached hydrogens (tertiary/aromatic N) is 2. The molecule has 0 amide bonds. The van der Waals surface area contributed by atoms with Crippen LogP contribution in [0.15, 0.2) is 24.3 Å². The van der Waals surface area contributed by atoms with Gasteiger partial charge in [-0.05, 0) is 42.6 Å². The highest BCUT2D eigenvalue weighted by Gasteiger charge is 2.32. The van der Waals surface area contributed by atoms with E-state index in [-0.39, 0.29) is 0 Å². The smallest absolute Gasteiger partial charge is 0.194 e. The molecule has 0 saturated carbocycles. The molecule has 0 bridgehead atoms. The number of imidazole rings is 1. The molecule has 0 saturated heterocycles. The number of fused-ring (bicyclic) bond motifs is 3.